The van der Waals surface area contributed by atoms with Gasteiger partial charge in [-0.25, -0.2) is 9.98 Å². The Kier molecular flexibility index (Phi) is 3.97. The number of hydrogen-bond acceptors (Lipinski definition) is 2. The van der Waals surface area contributed by atoms with Crippen molar-refractivity contribution in [1.29, 1.82) is 0 Å². The number of guanidine groups is 1. The van der Waals surface area contributed by atoms with E-state index in [-0.39, 0.29) is 0 Å². The zero-order chi connectivity index (χ0) is 10.4. The van der Waals surface area contributed by atoms with Gasteiger partial charge in [-0.15, -0.1) is 0 Å². The summed E-state index contributed by atoms with van der Waals surface area (Å²) in [6.45, 7) is 3.46. The number of nitrogens with one attached hydrogen (secondary N) is 1. The molecule has 0 atom stereocenters. The Morgan fingerprint density at radius 1 is 1.71 bits per heavy atom. The van der Waals surface area contributed by atoms with Gasteiger partial charge in [0.05, 0.1) is 0 Å². The Balaban J connectivity index is 2.42. The molecule has 0 saturated heterocycles. The van der Waals surface area contributed by atoms with Crippen molar-refractivity contribution in [2.45, 2.75) is 19.9 Å². The van der Waals surface area contributed by atoms with Crippen molar-refractivity contribution >= 4 is 5.96 Å². The molecule has 0 aliphatic heterocycles. The third-order valence-electron chi connectivity index (χ3n) is 1.87. The summed E-state index contributed by atoms with van der Waals surface area (Å²) in [5.41, 5.74) is 5.63. The number of nitrogens with zero attached hydrogens (tertiary/aromatic N) is 3. The van der Waals surface area contributed by atoms with Gasteiger partial charge in [0, 0.05) is 26.0 Å². The highest BCUT2D eigenvalue weighted by atomic mass is 15.1. The molecule has 0 unspecified atom stereocenters. The molecule has 78 valence electrons. The van der Waals surface area contributed by atoms with Crippen molar-refractivity contribution in [3.8, 4) is 0 Å². The third-order valence-corrected chi connectivity index (χ3v) is 1.87. The molecule has 1 heterocycles. The Bertz CT molecular complexity index is 302. The largest absolute Gasteiger partial charge is 0.370 e. The summed E-state index contributed by atoms with van der Waals surface area (Å²) in [7, 11) is 1.94. The standard InChI is InChI=1S/C9H17N5/c1-3-4-12-9(10)13-7-8-11-5-6-14(8)2/h5-6H,3-4,7H2,1-2H3,(H3,10,12,13). The molecule has 1 aromatic rings. The van der Waals surface area contributed by atoms with E-state index < -0.39 is 0 Å². The Morgan fingerprint density at radius 3 is 3.07 bits per heavy atom. The summed E-state index contributed by atoms with van der Waals surface area (Å²) in [6.07, 6.45) is 4.68. The normalized spacial score (nSPS) is 11.7. The summed E-state index contributed by atoms with van der Waals surface area (Å²) in [4.78, 5) is 8.31. The van der Waals surface area contributed by atoms with Gasteiger partial charge in [0.15, 0.2) is 5.96 Å². The Hall–Kier alpha value is -1.52. The molecule has 0 aliphatic carbocycles. The first kappa shape index (κ1) is 10.6. The Labute approximate surface area is 84.0 Å². The van der Waals surface area contributed by atoms with Crippen LogP contribution in [0.3, 0.4) is 0 Å². The van der Waals surface area contributed by atoms with Crippen LogP contribution in [0, 0.1) is 0 Å². The highest BCUT2D eigenvalue weighted by molar-refractivity contribution is 5.77. The van der Waals surface area contributed by atoms with Gasteiger partial charge in [-0.3, -0.25) is 0 Å². The maximum Gasteiger partial charge on any atom is 0.189 e. The van der Waals surface area contributed by atoms with E-state index >= 15 is 0 Å². The van der Waals surface area contributed by atoms with Crippen LogP contribution in [0.25, 0.3) is 0 Å². The van der Waals surface area contributed by atoms with E-state index in [4.69, 9.17) is 5.73 Å². The van der Waals surface area contributed by atoms with Gasteiger partial charge in [-0.05, 0) is 6.42 Å². The topological polar surface area (TPSA) is 68.2 Å². The van der Waals surface area contributed by atoms with Gasteiger partial charge < -0.3 is 15.6 Å². The first-order chi connectivity index (χ1) is 6.74. The second-order valence-corrected chi connectivity index (χ2v) is 3.08. The maximum atomic E-state index is 5.63. The van der Waals surface area contributed by atoms with E-state index in [0.29, 0.717) is 12.5 Å². The molecule has 0 saturated carbocycles. The molecule has 0 aliphatic rings. The predicted molar refractivity (Wildman–Crippen MR) is 56.8 cm³/mol. The van der Waals surface area contributed by atoms with Gasteiger partial charge in [0.25, 0.3) is 0 Å². The average molecular weight is 195 g/mol. The van der Waals surface area contributed by atoms with E-state index in [0.717, 1.165) is 18.8 Å². The first-order valence-electron chi connectivity index (χ1n) is 4.74. The van der Waals surface area contributed by atoms with Crippen molar-refractivity contribution in [1.82, 2.24) is 14.9 Å². The second kappa shape index (κ2) is 5.26. The molecule has 5 nitrogen and oxygen atoms in total. The molecule has 0 aromatic carbocycles. The molecule has 0 amide bonds. The number of aromatic nitrogens is 2. The van der Waals surface area contributed by atoms with Crippen molar-refractivity contribution in [3.63, 3.8) is 0 Å². The summed E-state index contributed by atoms with van der Waals surface area (Å²) in [5, 5.41) is 3.00. The van der Waals surface area contributed by atoms with E-state index in [1.165, 1.54) is 0 Å². The highest BCUT2D eigenvalue weighted by Crippen LogP contribution is 1.95. The fourth-order valence-corrected chi connectivity index (χ4v) is 1.01. The minimum atomic E-state index is 0.481. The molecule has 0 fully saturated rings. The van der Waals surface area contributed by atoms with Crippen LogP contribution in [0.2, 0.25) is 0 Å². The zero-order valence-corrected chi connectivity index (χ0v) is 8.70. The number of aliphatic imine (C=N–C) groups is 1. The fraction of sp³-hybridized carbons (Fsp3) is 0.556. The van der Waals surface area contributed by atoms with Crippen LogP contribution in [0.1, 0.15) is 19.2 Å². The maximum absolute atomic E-state index is 5.63. The summed E-state index contributed by atoms with van der Waals surface area (Å²) >= 11 is 0. The van der Waals surface area contributed by atoms with Crippen LogP contribution < -0.4 is 11.1 Å². The molecule has 1 rings (SSSR count). The number of imidazole rings is 1. The smallest absolute Gasteiger partial charge is 0.189 e. The lowest BCUT2D eigenvalue weighted by Gasteiger charge is -2.03. The molecular formula is C9H17N5. The number of hydrogen-bond donors (Lipinski definition) is 2. The van der Waals surface area contributed by atoms with Gasteiger partial charge in [-0.1, -0.05) is 6.92 Å². The minimum Gasteiger partial charge on any atom is -0.370 e. The van der Waals surface area contributed by atoms with Gasteiger partial charge >= 0.3 is 0 Å². The first-order valence-corrected chi connectivity index (χ1v) is 4.74. The zero-order valence-electron chi connectivity index (χ0n) is 8.70. The van der Waals surface area contributed by atoms with Crippen molar-refractivity contribution < 1.29 is 0 Å². The number of aryl methyl sites for hydroxylation is 1. The molecular weight excluding hydrogens is 178 g/mol. The van der Waals surface area contributed by atoms with Gasteiger partial charge in [0.1, 0.15) is 12.4 Å². The quantitative estimate of drug-likeness (QED) is 0.534. The number of nitrogens with two attached hydrogens (primary N) is 1. The molecule has 3 N–H and O–H groups in total. The van der Waals surface area contributed by atoms with Crippen molar-refractivity contribution in [3.05, 3.63) is 18.2 Å². The van der Waals surface area contributed by atoms with Crippen molar-refractivity contribution in [2.75, 3.05) is 6.54 Å². The summed E-state index contributed by atoms with van der Waals surface area (Å²) in [5.74, 6) is 1.39. The van der Waals surface area contributed by atoms with E-state index in [1.807, 2.05) is 17.8 Å². The van der Waals surface area contributed by atoms with Gasteiger partial charge in [0.2, 0.25) is 0 Å². The van der Waals surface area contributed by atoms with E-state index in [2.05, 4.69) is 22.2 Å². The molecule has 1 aromatic heterocycles. The summed E-state index contributed by atoms with van der Waals surface area (Å²) in [6, 6.07) is 0. The van der Waals surface area contributed by atoms with Gasteiger partial charge in [-0.2, -0.15) is 0 Å². The molecule has 0 radical (unpaired) electrons. The van der Waals surface area contributed by atoms with Crippen LogP contribution in [0.15, 0.2) is 17.4 Å². The van der Waals surface area contributed by atoms with Crippen LogP contribution >= 0.6 is 0 Å². The summed E-state index contributed by atoms with van der Waals surface area (Å²) < 4.78 is 1.93. The van der Waals surface area contributed by atoms with Crippen LogP contribution in [-0.2, 0) is 13.6 Å². The molecule has 5 heteroatoms. The monoisotopic (exact) mass is 195 g/mol. The van der Waals surface area contributed by atoms with E-state index in [9.17, 15) is 0 Å². The van der Waals surface area contributed by atoms with Crippen LogP contribution in [-0.4, -0.2) is 22.1 Å². The van der Waals surface area contributed by atoms with Crippen LogP contribution in [0.4, 0.5) is 0 Å². The van der Waals surface area contributed by atoms with E-state index in [1.54, 1.807) is 6.20 Å². The lowest BCUT2D eigenvalue weighted by Crippen LogP contribution is -2.32. The lowest BCUT2D eigenvalue weighted by molar-refractivity contribution is 0.779. The third kappa shape index (κ3) is 3.08. The lowest BCUT2D eigenvalue weighted by atomic mass is 10.5. The molecule has 0 bridgehead atoms. The van der Waals surface area contributed by atoms with Crippen LogP contribution in [0.5, 0.6) is 0 Å². The second-order valence-electron chi connectivity index (χ2n) is 3.08. The average Bonchev–Trinajstić information content (AvgIpc) is 2.58. The van der Waals surface area contributed by atoms with Crippen molar-refractivity contribution in [2.24, 2.45) is 17.8 Å². The highest BCUT2D eigenvalue weighted by Gasteiger charge is 1.97. The SMILES string of the molecule is CCCNC(N)=NCc1nccn1C. The predicted octanol–water partition coefficient (Wildman–Crippen LogP) is 0.234. The fourth-order valence-electron chi connectivity index (χ4n) is 1.01. The number of rotatable bonds is 4. The molecule has 14 heavy (non-hydrogen) atoms. The molecule has 0 spiro atoms. The minimum absolute atomic E-state index is 0.481. The Morgan fingerprint density at radius 2 is 2.50 bits per heavy atom.